The van der Waals surface area contributed by atoms with Crippen LogP contribution in [0.1, 0.15) is 19.3 Å². The number of ether oxygens (including phenoxy) is 2. The van der Waals surface area contributed by atoms with E-state index in [9.17, 15) is 4.79 Å². The van der Waals surface area contributed by atoms with Gasteiger partial charge < -0.3 is 14.8 Å². The molecule has 1 aromatic carbocycles. The fourth-order valence-corrected chi connectivity index (χ4v) is 1.91. The predicted molar refractivity (Wildman–Crippen MR) is 80.1 cm³/mol. The highest BCUT2D eigenvalue weighted by molar-refractivity contribution is 9.09. The molecule has 0 unspecified atom stereocenters. The van der Waals surface area contributed by atoms with Gasteiger partial charge in [0.05, 0.1) is 6.61 Å². The molecular formula is C14H20BrNO3. The van der Waals surface area contributed by atoms with E-state index in [0.29, 0.717) is 19.6 Å². The largest absolute Gasteiger partial charge is 0.491 e. The predicted octanol–water partition coefficient (Wildman–Crippen LogP) is 3.22. The molecule has 0 aliphatic heterocycles. The Morgan fingerprint density at radius 2 is 2.16 bits per heavy atom. The molecule has 0 aliphatic carbocycles. The topological polar surface area (TPSA) is 47.6 Å². The molecule has 0 aromatic heterocycles. The van der Waals surface area contributed by atoms with E-state index in [0.717, 1.165) is 29.6 Å². The van der Waals surface area contributed by atoms with E-state index in [4.69, 9.17) is 9.47 Å². The van der Waals surface area contributed by atoms with Crippen molar-refractivity contribution in [2.24, 2.45) is 0 Å². The lowest BCUT2D eigenvalue weighted by Crippen LogP contribution is -2.11. The Balaban J connectivity index is 2.40. The van der Waals surface area contributed by atoms with Crippen molar-refractivity contribution in [3.05, 3.63) is 24.3 Å². The first-order valence-electron chi connectivity index (χ1n) is 6.34. The minimum atomic E-state index is 0.0370. The zero-order valence-corrected chi connectivity index (χ0v) is 12.7. The van der Waals surface area contributed by atoms with Crippen molar-refractivity contribution in [1.82, 2.24) is 0 Å². The van der Waals surface area contributed by atoms with E-state index in [1.807, 2.05) is 24.3 Å². The molecular weight excluding hydrogens is 310 g/mol. The molecule has 5 heteroatoms. The normalized spacial score (nSPS) is 10.2. The third-order valence-electron chi connectivity index (χ3n) is 2.46. The van der Waals surface area contributed by atoms with E-state index in [-0.39, 0.29) is 5.91 Å². The molecule has 0 aliphatic rings. The van der Waals surface area contributed by atoms with Gasteiger partial charge in [0.2, 0.25) is 5.91 Å². The lowest BCUT2D eigenvalue weighted by atomic mass is 10.2. The van der Waals surface area contributed by atoms with E-state index < -0.39 is 0 Å². The number of hydrogen-bond acceptors (Lipinski definition) is 3. The van der Waals surface area contributed by atoms with Crippen LogP contribution >= 0.6 is 15.9 Å². The number of alkyl halides is 1. The highest BCUT2D eigenvalue weighted by atomic mass is 79.9. The first-order chi connectivity index (χ1) is 9.26. The molecule has 1 N–H and O–H groups in total. The Morgan fingerprint density at radius 3 is 2.89 bits per heavy atom. The van der Waals surface area contributed by atoms with E-state index in [1.54, 1.807) is 7.11 Å². The number of unbranched alkanes of at least 4 members (excludes halogenated alkanes) is 1. The summed E-state index contributed by atoms with van der Waals surface area (Å²) in [6, 6.07) is 7.38. The van der Waals surface area contributed by atoms with Crippen LogP contribution in [0.25, 0.3) is 0 Å². The van der Waals surface area contributed by atoms with Crippen LogP contribution in [0, 0.1) is 0 Å². The number of methoxy groups -OCH3 is 1. The standard InChI is InChI=1S/C14H20BrNO3/c1-18-9-10-19-13-6-4-5-12(11-13)16-14(17)7-2-3-8-15/h4-6,11H,2-3,7-10H2,1H3,(H,16,17). The second kappa shape index (κ2) is 9.81. The van der Waals surface area contributed by atoms with Gasteiger partial charge in [0, 0.05) is 30.6 Å². The second-order valence-corrected chi connectivity index (χ2v) is 4.86. The first-order valence-corrected chi connectivity index (χ1v) is 7.46. The van der Waals surface area contributed by atoms with Gasteiger partial charge in [0.1, 0.15) is 12.4 Å². The van der Waals surface area contributed by atoms with Gasteiger partial charge in [-0.25, -0.2) is 0 Å². The monoisotopic (exact) mass is 329 g/mol. The van der Waals surface area contributed by atoms with Gasteiger partial charge in [-0.05, 0) is 25.0 Å². The van der Waals surface area contributed by atoms with Crippen LogP contribution < -0.4 is 10.1 Å². The van der Waals surface area contributed by atoms with Gasteiger partial charge >= 0.3 is 0 Å². The van der Waals surface area contributed by atoms with E-state index in [2.05, 4.69) is 21.2 Å². The average molecular weight is 330 g/mol. The van der Waals surface area contributed by atoms with Crippen LogP contribution in [0.3, 0.4) is 0 Å². The Kier molecular flexibility index (Phi) is 8.25. The molecule has 0 bridgehead atoms. The van der Waals surface area contributed by atoms with Gasteiger partial charge in [-0.15, -0.1) is 0 Å². The van der Waals surface area contributed by atoms with Crippen molar-refractivity contribution in [1.29, 1.82) is 0 Å². The summed E-state index contributed by atoms with van der Waals surface area (Å²) >= 11 is 3.35. The lowest BCUT2D eigenvalue weighted by molar-refractivity contribution is -0.116. The number of carbonyl (C=O) groups is 1. The Labute approximate surface area is 122 Å². The highest BCUT2D eigenvalue weighted by Crippen LogP contribution is 2.17. The Bertz CT molecular complexity index is 385. The summed E-state index contributed by atoms with van der Waals surface area (Å²) in [5.74, 6) is 0.769. The number of rotatable bonds is 9. The van der Waals surface area contributed by atoms with Crippen LogP contribution in [0.4, 0.5) is 5.69 Å². The fraction of sp³-hybridized carbons (Fsp3) is 0.500. The number of halogens is 1. The van der Waals surface area contributed by atoms with Crippen LogP contribution in [0.5, 0.6) is 5.75 Å². The van der Waals surface area contributed by atoms with Crippen LogP contribution in [0.2, 0.25) is 0 Å². The van der Waals surface area contributed by atoms with Gasteiger partial charge in [-0.1, -0.05) is 22.0 Å². The van der Waals surface area contributed by atoms with Crippen LogP contribution in [-0.2, 0) is 9.53 Å². The van der Waals surface area contributed by atoms with Crippen LogP contribution in [-0.4, -0.2) is 31.6 Å². The summed E-state index contributed by atoms with van der Waals surface area (Å²) < 4.78 is 10.4. The summed E-state index contributed by atoms with van der Waals surface area (Å²) in [5.41, 5.74) is 0.763. The summed E-state index contributed by atoms with van der Waals surface area (Å²) in [7, 11) is 1.63. The number of nitrogens with one attached hydrogen (secondary N) is 1. The summed E-state index contributed by atoms with van der Waals surface area (Å²) in [5, 5.41) is 3.80. The average Bonchev–Trinajstić information content (AvgIpc) is 2.40. The lowest BCUT2D eigenvalue weighted by Gasteiger charge is -2.08. The molecule has 0 atom stereocenters. The van der Waals surface area contributed by atoms with Crippen molar-refractivity contribution in [2.75, 3.05) is 31.0 Å². The molecule has 19 heavy (non-hydrogen) atoms. The molecule has 0 spiro atoms. The smallest absolute Gasteiger partial charge is 0.224 e. The van der Waals surface area contributed by atoms with Crippen molar-refractivity contribution in [2.45, 2.75) is 19.3 Å². The van der Waals surface area contributed by atoms with Gasteiger partial charge in [-0.3, -0.25) is 4.79 Å². The maximum atomic E-state index is 11.7. The Hall–Kier alpha value is -1.07. The third kappa shape index (κ3) is 7.18. The number of benzene rings is 1. The number of anilines is 1. The van der Waals surface area contributed by atoms with Gasteiger partial charge in [0.15, 0.2) is 0 Å². The molecule has 0 fully saturated rings. The summed E-state index contributed by atoms with van der Waals surface area (Å²) in [4.78, 5) is 11.7. The zero-order valence-electron chi connectivity index (χ0n) is 11.2. The quantitative estimate of drug-likeness (QED) is 0.559. The number of amides is 1. The molecule has 0 saturated heterocycles. The van der Waals surface area contributed by atoms with Crippen molar-refractivity contribution in [3.8, 4) is 5.75 Å². The van der Waals surface area contributed by atoms with Crippen molar-refractivity contribution in [3.63, 3.8) is 0 Å². The maximum absolute atomic E-state index is 11.7. The van der Waals surface area contributed by atoms with Gasteiger partial charge in [-0.2, -0.15) is 0 Å². The molecule has 1 amide bonds. The minimum absolute atomic E-state index is 0.0370. The molecule has 106 valence electrons. The Morgan fingerprint density at radius 1 is 1.32 bits per heavy atom. The van der Waals surface area contributed by atoms with Crippen molar-refractivity contribution >= 4 is 27.5 Å². The van der Waals surface area contributed by atoms with Crippen LogP contribution in [0.15, 0.2) is 24.3 Å². The van der Waals surface area contributed by atoms with E-state index >= 15 is 0 Å². The zero-order chi connectivity index (χ0) is 13.9. The molecule has 1 aromatic rings. The fourth-order valence-electron chi connectivity index (χ4n) is 1.51. The molecule has 4 nitrogen and oxygen atoms in total. The number of hydrogen-bond donors (Lipinski definition) is 1. The SMILES string of the molecule is COCCOc1cccc(NC(=O)CCCCBr)c1. The minimum Gasteiger partial charge on any atom is -0.491 e. The highest BCUT2D eigenvalue weighted by Gasteiger charge is 2.03. The second-order valence-electron chi connectivity index (χ2n) is 4.06. The molecule has 0 radical (unpaired) electrons. The van der Waals surface area contributed by atoms with Gasteiger partial charge in [0.25, 0.3) is 0 Å². The number of carbonyl (C=O) groups excluding carboxylic acids is 1. The van der Waals surface area contributed by atoms with Crippen molar-refractivity contribution < 1.29 is 14.3 Å². The summed E-state index contributed by atoms with van der Waals surface area (Å²) in [6.07, 6.45) is 2.44. The third-order valence-corrected chi connectivity index (χ3v) is 3.02. The molecule has 0 heterocycles. The first kappa shape index (κ1) is 16.0. The van der Waals surface area contributed by atoms with E-state index in [1.165, 1.54) is 0 Å². The summed E-state index contributed by atoms with van der Waals surface area (Å²) in [6.45, 7) is 1.04. The maximum Gasteiger partial charge on any atom is 0.224 e. The molecule has 0 saturated carbocycles. The molecule has 1 rings (SSSR count).